The highest BCUT2D eigenvalue weighted by Gasteiger charge is 2.19. The molecule has 2 aromatic heterocycles. The van der Waals surface area contributed by atoms with Crippen LogP contribution in [0, 0.1) is 11.6 Å². The van der Waals surface area contributed by atoms with Crippen LogP contribution in [0.4, 0.5) is 26.0 Å². The maximum atomic E-state index is 13.5. The van der Waals surface area contributed by atoms with Gasteiger partial charge in [0.1, 0.15) is 0 Å². The molecule has 0 saturated carbocycles. The third-order valence-electron chi connectivity index (χ3n) is 3.38. The van der Waals surface area contributed by atoms with Gasteiger partial charge >= 0.3 is 5.97 Å². The van der Waals surface area contributed by atoms with Gasteiger partial charge in [0.25, 0.3) is 5.91 Å². The van der Waals surface area contributed by atoms with Crippen LogP contribution in [0.15, 0.2) is 36.7 Å². The molecule has 138 valence electrons. The van der Waals surface area contributed by atoms with E-state index in [1.807, 2.05) is 0 Å². The van der Waals surface area contributed by atoms with Crippen molar-refractivity contribution < 1.29 is 23.1 Å². The number of aromatic nitrogens is 4. The van der Waals surface area contributed by atoms with Crippen LogP contribution in [0.25, 0.3) is 0 Å². The number of aromatic amines is 1. The van der Waals surface area contributed by atoms with Gasteiger partial charge in [-0.2, -0.15) is 5.10 Å². The Morgan fingerprint density at radius 3 is 2.56 bits per heavy atom. The number of hydrogen-bond acceptors (Lipinski definition) is 7. The number of carbonyl (C=O) groups excluding carboxylic acids is 2. The van der Waals surface area contributed by atoms with E-state index in [2.05, 4.69) is 35.8 Å². The maximum absolute atomic E-state index is 13.5. The first kappa shape index (κ1) is 17.9. The van der Waals surface area contributed by atoms with Gasteiger partial charge in [-0.15, -0.1) is 10.2 Å². The van der Waals surface area contributed by atoms with Gasteiger partial charge < -0.3 is 15.4 Å². The Kier molecular flexibility index (Phi) is 5.01. The second-order valence-corrected chi connectivity index (χ2v) is 5.17. The third kappa shape index (κ3) is 4.03. The summed E-state index contributed by atoms with van der Waals surface area (Å²) in [4.78, 5) is 24.0. The Bertz CT molecular complexity index is 977. The van der Waals surface area contributed by atoms with E-state index in [0.29, 0.717) is 23.6 Å². The molecule has 1 aromatic carbocycles. The number of carbonyl (C=O) groups is 2. The van der Waals surface area contributed by atoms with Crippen molar-refractivity contribution in [2.75, 3.05) is 17.7 Å². The minimum Gasteiger partial charge on any atom is -0.465 e. The van der Waals surface area contributed by atoms with Gasteiger partial charge in [-0.3, -0.25) is 9.89 Å². The van der Waals surface area contributed by atoms with Crippen molar-refractivity contribution in [1.82, 2.24) is 20.4 Å². The molecular weight excluding hydrogens is 362 g/mol. The smallest absolute Gasteiger partial charge is 0.340 e. The second kappa shape index (κ2) is 7.56. The maximum Gasteiger partial charge on any atom is 0.340 e. The Morgan fingerprint density at radius 1 is 1.15 bits per heavy atom. The van der Waals surface area contributed by atoms with Gasteiger partial charge in [-0.25, -0.2) is 13.6 Å². The van der Waals surface area contributed by atoms with Crippen molar-refractivity contribution in [1.29, 1.82) is 0 Å². The molecule has 9 nitrogen and oxygen atoms in total. The van der Waals surface area contributed by atoms with Crippen molar-refractivity contribution in [2.24, 2.45) is 0 Å². The summed E-state index contributed by atoms with van der Waals surface area (Å²) in [7, 11) is 1.08. The number of amides is 1. The fraction of sp³-hybridized carbons (Fsp3) is 0.0625. The average molecular weight is 374 g/mol. The average Bonchev–Trinajstić information content (AvgIpc) is 3.17. The van der Waals surface area contributed by atoms with Crippen LogP contribution in [-0.4, -0.2) is 39.4 Å². The molecule has 3 aromatic rings. The number of anilines is 3. The number of rotatable bonds is 5. The highest BCUT2D eigenvalue weighted by Crippen LogP contribution is 2.22. The molecule has 0 fully saturated rings. The van der Waals surface area contributed by atoms with Gasteiger partial charge in [0.2, 0.25) is 0 Å². The zero-order valence-electron chi connectivity index (χ0n) is 13.8. The van der Waals surface area contributed by atoms with E-state index in [1.54, 1.807) is 6.20 Å². The summed E-state index contributed by atoms with van der Waals surface area (Å²) in [5.41, 5.74) is -0.0524. The lowest BCUT2D eigenvalue weighted by atomic mass is 10.1. The van der Waals surface area contributed by atoms with E-state index in [0.717, 1.165) is 7.11 Å². The molecule has 3 N–H and O–H groups in total. The Balaban J connectivity index is 1.79. The normalized spacial score (nSPS) is 10.3. The van der Waals surface area contributed by atoms with E-state index in [4.69, 9.17) is 0 Å². The molecule has 0 aliphatic heterocycles. The van der Waals surface area contributed by atoms with E-state index in [9.17, 15) is 18.4 Å². The van der Waals surface area contributed by atoms with Gasteiger partial charge in [-0.1, -0.05) is 0 Å². The van der Waals surface area contributed by atoms with Crippen molar-refractivity contribution in [2.45, 2.75) is 0 Å². The monoisotopic (exact) mass is 374 g/mol. The number of ether oxygens (including phenoxy) is 1. The number of halogens is 2. The Labute approximate surface area is 150 Å². The molecule has 0 bridgehead atoms. The van der Waals surface area contributed by atoms with Gasteiger partial charge in [0.05, 0.1) is 30.2 Å². The number of H-pyrrole nitrogens is 1. The highest BCUT2D eigenvalue weighted by atomic mass is 19.2. The summed E-state index contributed by atoms with van der Waals surface area (Å²) in [5, 5.41) is 19.1. The van der Waals surface area contributed by atoms with E-state index in [-0.39, 0.29) is 16.9 Å². The lowest BCUT2D eigenvalue weighted by Crippen LogP contribution is -2.18. The Morgan fingerprint density at radius 2 is 1.93 bits per heavy atom. The number of nitrogens with one attached hydrogen (secondary N) is 3. The second-order valence-electron chi connectivity index (χ2n) is 5.17. The van der Waals surface area contributed by atoms with Crippen LogP contribution < -0.4 is 10.6 Å². The largest absolute Gasteiger partial charge is 0.465 e. The molecule has 1 amide bonds. The first-order valence-electron chi connectivity index (χ1n) is 7.46. The van der Waals surface area contributed by atoms with Crippen LogP contribution in [0.3, 0.4) is 0 Å². The number of hydrogen-bond donors (Lipinski definition) is 3. The molecule has 0 atom stereocenters. The van der Waals surface area contributed by atoms with Crippen molar-refractivity contribution >= 4 is 29.1 Å². The molecule has 0 saturated heterocycles. The topological polar surface area (TPSA) is 122 Å². The third-order valence-corrected chi connectivity index (χ3v) is 3.38. The van der Waals surface area contributed by atoms with Crippen LogP contribution >= 0.6 is 0 Å². The van der Waals surface area contributed by atoms with E-state index >= 15 is 0 Å². The first-order chi connectivity index (χ1) is 13.0. The molecule has 2 heterocycles. The van der Waals surface area contributed by atoms with Crippen LogP contribution in [0.1, 0.15) is 20.8 Å². The SMILES string of the molecule is COC(=O)c1cc(F)c(F)cc1NC(=O)c1ccc(Nc2cn[nH]c2)nn1. The Hall–Kier alpha value is -3.89. The quantitative estimate of drug-likeness (QED) is 0.586. The van der Waals surface area contributed by atoms with Crippen molar-refractivity contribution in [3.05, 3.63) is 59.6 Å². The van der Waals surface area contributed by atoms with Crippen LogP contribution in [0.5, 0.6) is 0 Å². The van der Waals surface area contributed by atoms with Gasteiger partial charge in [0, 0.05) is 12.3 Å². The lowest BCUT2D eigenvalue weighted by molar-refractivity contribution is 0.0601. The molecule has 0 aliphatic rings. The van der Waals surface area contributed by atoms with Gasteiger partial charge in [0.15, 0.2) is 23.1 Å². The van der Waals surface area contributed by atoms with Crippen molar-refractivity contribution in [3.8, 4) is 0 Å². The summed E-state index contributed by atoms with van der Waals surface area (Å²) in [5.74, 6) is -3.83. The summed E-state index contributed by atoms with van der Waals surface area (Å²) in [6.45, 7) is 0. The molecular formula is C16H12F2N6O3. The molecule has 3 rings (SSSR count). The number of nitrogens with zero attached hydrogens (tertiary/aromatic N) is 3. The molecule has 0 radical (unpaired) electrons. The first-order valence-corrected chi connectivity index (χ1v) is 7.46. The molecule has 0 unspecified atom stereocenters. The summed E-state index contributed by atoms with van der Waals surface area (Å²) < 4.78 is 31.4. The fourth-order valence-corrected chi connectivity index (χ4v) is 2.10. The predicted molar refractivity (Wildman–Crippen MR) is 89.6 cm³/mol. The zero-order chi connectivity index (χ0) is 19.4. The minimum absolute atomic E-state index is 0.103. The molecule has 0 aliphatic carbocycles. The summed E-state index contributed by atoms with van der Waals surface area (Å²) in [6, 6.07) is 4.17. The minimum atomic E-state index is -1.25. The highest BCUT2D eigenvalue weighted by molar-refractivity contribution is 6.07. The fourth-order valence-electron chi connectivity index (χ4n) is 2.10. The predicted octanol–water partition coefficient (Wildman–Crippen LogP) is 2.26. The van der Waals surface area contributed by atoms with Gasteiger partial charge in [-0.05, 0) is 18.2 Å². The van der Waals surface area contributed by atoms with Crippen molar-refractivity contribution in [3.63, 3.8) is 0 Å². The number of methoxy groups -OCH3 is 1. The van der Waals surface area contributed by atoms with Crippen LogP contribution in [-0.2, 0) is 4.74 Å². The number of esters is 1. The summed E-state index contributed by atoms with van der Waals surface area (Å²) >= 11 is 0. The van der Waals surface area contributed by atoms with E-state index in [1.165, 1.54) is 18.3 Å². The zero-order valence-corrected chi connectivity index (χ0v) is 13.8. The molecule has 27 heavy (non-hydrogen) atoms. The lowest BCUT2D eigenvalue weighted by Gasteiger charge is -2.10. The van der Waals surface area contributed by atoms with Crippen LogP contribution in [0.2, 0.25) is 0 Å². The standard InChI is InChI=1S/C16H12F2N6O3/c1-27-16(26)9-4-10(17)11(18)5-13(9)22-15(25)12-2-3-14(24-23-12)21-8-6-19-20-7-8/h2-7H,1H3,(H,19,20)(H,21,24)(H,22,25). The molecule has 11 heteroatoms. The molecule has 0 spiro atoms. The summed E-state index contributed by atoms with van der Waals surface area (Å²) in [6.07, 6.45) is 3.12. The van der Waals surface area contributed by atoms with E-state index < -0.39 is 23.5 Å². The number of benzene rings is 1.